The number of carbonyl (C=O) groups excluding carboxylic acids is 1. The van der Waals surface area contributed by atoms with Crippen LogP contribution in [0.3, 0.4) is 0 Å². The molecule has 3 aliphatic rings. The van der Waals surface area contributed by atoms with E-state index in [4.69, 9.17) is 34.3 Å². The van der Waals surface area contributed by atoms with Gasteiger partial charge >= 0.3 is 5.97 Å². The second kappa shape index (κ2) is 29.3. The van der Waals surface area contributed by atoms with Crippen molar-refractivity contribution in [1.82, 2.24) is 19.5 Å². The molecule has 0 spiro atoms. The van der Waals surface area contributed by atoms with Gasteiger partial charge in [0.2, 0.25) is 10.0 Å². The number of nitrogens with zero attached hydrogens (tertiary/aromatic N) is 4. The minimum Gasteiger partial charge on any atom is -0.459 e. The molecule has 0 aliphatic carbocycles. The van der Waals surface area contributed by atoms with Crippen molar-refractivity contribution in [1.29, 1.82) is 0 Å². The summed E-state index contributed by atoms with van der Waals surface area (Å²) in [4.78, 5) is 26.1. The number of benzene rings is 1. The van der Waals surface area contributed by atoms with Crippen LogP contribution in [0.15, 0.2) is 58.8 Å². The van der Waals surface area contributed by atoms with Gasteiger partial charge in [0.25, 0.3) is 0 Å². The number of likely N-dealkylation sites (N-methyl/N-ethyl adjacent to an activating group) is 1. The largest absolute Gasteiger partial charge is 0.459 e. The summed E-state index contributed by atoms with van der Waals surface area (Å²) in [6.07, 6.45) is -0.336. The highest BCUT2D eigenvalue weighted by atomic mass is 32.2. The number of esters is 1. The predicted octanol–water partition coefficient (Wildman–Crippen LogP) is 3.28. The molecule has 5 rings (SSSR count). The minimum atomic E-state index is -3.83. The maximum absolute atomic E-state index is 14.7. The van der Waals surface area contributed by atoms with E-state index in [-0.39, 0.29) is 55.3 Å². The molecular formula is C58H97FN7O13S+. The third-order valence-electron chi connectivity index (χ3n) is 17.5. The zero-order chi connectivity index (χ0) is 59.5. The van der Waals surface area contributed by atoms with Crippen LogP contribution >= 0.6 is 0 Å². The van der Waals surface area contributed by atoms with Crippen molar-refractivity contribution in [3.63, 3.8) is 0 Å². The maximum Gasteiger partial charge on any atom is 0.309 e. The first kappa shape index (κ1) is 67.2. The number of rotatable bonds is 20. The Morgan fingerprint density at radius 3 is 2.34 bits per heavy atom. The zero-order valence-electron chi connectivity index (χ0n) is 49.8. The Labute approximate surface area is 475 Å². The summed E-state index contributed by atoms with van der Waals surface area (Å²) < 4.78 is 81.6. The monoisotopic (exact) mass is 1150 g/mol. The highest BCUT2D eigenvalue weighted by Gasteiger charge is 2.54. The average molecular weight is 1150 g/mol. The average Bonchev–Trinajstić information content (AvgIpc) is 3.49. The quantitative estimate of drug-likeness (QED) is 0.0434. The molecule has 8 N–H and O–H groups in total. The fourth-order valence-corrected chi connectivity index (χ4v) is 13.6. The van der Waals surface area contributed by atoms with E-state index in [0.29, 0.717) is 49.2 Å². The van der Waals surface area contributed by atoms with Crippen molar-refractivity contribution in [3.8, 4) is 0 Å². The van der Waals surface area contributed by atoms with Crippen LogP contribution in [-0.2, 0) is 49.8 Å². The molecule has 3 aliphatic heterocycles. The summed E-state index contributed by atoms with van der Waals surface area (Å²) in [6.45, 7) is 18.6. The lowest BCUT2D eigenvalue weighted by atomic mass is 9.68. The molecule has 1 aromatic carbocycles. The Hall–Kier alpha value is -3.62. The molecular weight excluding hydrogens is 1050 g/mol. The van der Waals surface area contributed by atoms with Crippen LogP contribution in [0.5, 0.6) is 0 Å². The van der Waals surface area contributed by atoms with Gasteiger partial charge in [-0.3, -0.25) is 14.2 Å². The second-order valence-electron chi connectivity index (χ2n) is 23.9. The van der Waals surface area contributed by atoms with Gasteiger partial charge in [0.1, 0.15) is 42.8 Å². The zero-order valence-corrected chi connectivity index (χ0v) is 50.6. The fraction of sp³-hybridized carbons (Fsp3) is 0.759. The van der Waals surface area contributed by atoms with Crippen LogP contribution in [0.2, 0.25) is 0 Å². The summed E-state index contributed by atoms with van der Waals surface area (Å²) in [5.74, 6) is 2.29. The second-order valence-corrected chi connectivity index (χ2v) is 25.7. The van der Waals surface area contributed by atoms with Gasteiger partial charge in [-0.1, -0.05) is 45.9 Å². The third kappa shape index (κ3) is 16.8. The van der Waals surface area contributed by atoms with Crippen molar-refractivity contribution in [3.05, 3.63) is 59.9 Å². The van der Waals surface area contributed by atoms with Crippen LogP contribution in [0, 0.1) is 29.6 Å². The Morgan fingerprint density at radius 2 is 1.74 bits per heavy atom. The molecule has 454 valence electrons. The molecule has 0 saturated carbocycles. The number of hydrogen-bond donors (Lipinski definition) is 7. The van der Waals surface area contributed by atoms with E-state index in [1.54, 1.807) is 70.6 Å². The number of hydrazone groups is 1. The van der Waals surface area contributed by atoms with Gasteiger partial charge in [-0.15, -0.1) is 0 Å². The lowest BCUT2D eigenvalue weighted by Crippen LogP contribution is -2.72. The van der Waals surface area contributed by atoms with Crippen LogP contribution in [0.1, 0.15) is 125 Å². The molecule has 19 atom stereocenters. The van der Waals surface area contributed by atoms with E-state index in [1.807, 2.05) is 53.6 Å². The molecule has 22 heteroatoms. The molecule has 2 aromatic rings. The van der Waals surface area contributed by atoms with Gasteiger partial charge in [0.05, 0.1) is 58.5 Å². The van der Waals surface area contributed by atoms with Crippen LogP contribution < -0.4 is 15.6 Å². The van der Waals surface area contributed by atoms with E-state index in [1.165, 1.54) is 33.3 Å². The standard InChI is InChI=1S/C58H96FN7O13S/c1-15-48-58(10,71)52(67)39(6)66(12)34-35(2)27-56(8,70)54(37(4)50(38(5)55(69)78-48)47-28-57(9,75-14)53(68)40(7)77-47)79-49-26-45(25-36(3)76-49)65(11)24-22-44(64-60)33-62-32-43(29-59)51(74-13)42-18-20-46(21-19-42)80(72,73)63-31-41-17-16-23-61-30-41/h16-21,23,30,33,35-40,43,45,47-54,63,67-68,70-71H,15,22,24-29,31-32,34,60H2,1-14H3/p+1/t35-,36-,37+,38-,39-,40+,43+,45+,47?,48-,49+,50+,51-,52-,53+,54-,56-,57-,58?/m1/s1. The molecule has 2 unspecified atom stereocenters. The van der Waals surface area contributed by atoms with E-state index in [2.05, 4.69) is 24.7 Å². The smallest absolute Gasteiger partial charge is 0.309 e. The van der Waals surface area contributed by atoms with Crippen molar-refractivity contribution in [2.45, 2.75) is 203 Å². The fourth-order valence-electron chi connectivity index (χ4n) is 12.6. The van der Waals surface area contributed by atoms with Crippen molar-refractivity contribution in [2.24, 2.45) is 40.5 Å². The number of nitrogens with two attached hydrogens (primary N) is 1. The van der Waals surface area contributed by atoms with Gasteiger partial charge in [-0.25, -0.2) is 18.1 Å². The number of carbonyl (C=O) groups is 1. The van der Waals surface area contributed by atoms with Crippen molar-refractivity contribution >= 4 is 27.9 Å². The highest BCUT2D eigenvalue weighted by molar-refractivity contribution is 7.89. The van der Waals surface area contributed by atoms with Gasteiger partial charge in [0.15, 0.2) is 12.5 Å². The predicted molar refractivity (Wildman–Crippen MR) is 302 cm³/mol. The minimum absolute atomic E-state index is 0.0506. The number of methoxy groups -OCH3 is 2. The van der Waals surface area contributed by atoms with E-state index in [9.17, 15) is 38.0 Å². The van der Waals surface area contributed by atoms with Crippen LogP contribution in [-0.4, -0.2) is 194 Å². The number of hydrogen-bond acceptors (Lipinski definition) is 18. The number of aromatic nitrogens is 1. The SMILES string of the molecule is CC[C@H]1OC(=O)[C@H](C)[C@@H](C2C[C@@](C)(OC)[C@@H](O)[C@H](C)O2)[C@H](C)[C@@H](O[C@H]2C[C@@H](N(C)CCC(C=[NH+]C[C@H](CF)[C@H](OC)c3ccc(S(=O)(=O)NCc4cccnc4)cc3)=NN)C[C@@H](C)O2)[C@](C)(O)C[C@@H](C)CN(C)[C@H](C)[C@@H](O)C1(C)O. The maximum atomic E-state index is 14.7. The Kier molecular flexibility index (Phi) is 24.6. The molecule has 0 amide bonds. The van der Waals surface area contributed by atoms with Crippen molar-refractivity contribution < 1.29 is 71.4 Å². The number of aliphatic hydroxyl groups excluding tert-OH is 2. The number of ether oxygens (including phenoxy) is 6. The molecule has 3 fully saturated rings. The first-order chi connectivity index (χ1) is 37.6. The normalized spacial score (nSPS) is 36.8. The van der Waals surface area contributed by atoms with E-state index < -0.39 is 118 Å². The summed E-state index contributed by atoms with van der Waals surface area (Å²) in [7, 11) is 3.05. The Balaban J connectivity index is 1.34. The number of pyridine rings is 1. The van der Waals surface area contributed by atoms with Crippen LogP contribution in [0.4, 0.5) is 4.39 Å². The number of aliphatic hydroxyl groups is 4. The van der Waals surface area contributed by atoms with E-state index >= 15 is 0 Å². The first-order valence-corrected chi connectivity index (χ1v) is 29.9. The highest BCUT2D eigenvalue weighted by Crippen LogP contribution is 2.45. The summed E-state index contributed by atoms with van der Waals surface area (Å²) in [6, 6.07) is 9.07. The molecule has 80 heavy (non-hydrogen) atoms. The molecule has 0 bridgehead atoms. The van der Waals surface area contributed by atoms with Gasteiger partial charge in [0, 0.05) is 83.5 Å². The number of cyclic esters (lactones) is 1. The number of halogens is 1. The van der Waals surface area contributed by atoms with Gasteiger partial charge in [-0.05, 0) is 116 Å². The first-order valence-electron chi connectivity index (χ1n) is 28.4. The lowest BCUT2D eigenvalue weighted by Gasteiger charge is -2.51. The summed E-state index contributed by atoms with van der Waals surface area (Å²) >= 11 is 0. The van der Waals surface area contributed by atoms with Crippen molar-refractivity contribution in [2.75, 3.05) is 54.6 Å². The third-order valence-corrected chi connectivity index (χ3v) is 18.9. The summed E-state index contributed by atoms with van der Waals surface area (Å²) in [5.41, 5.74) is -2.53. The van der Waals surface area contributed by atoms with Gasteiger partial charge < -0.3 is 64.5 Å². The molecule has 20 nitrogen and oxygen atoms in total. The van der Waals surface area contributed by atoms with E-state index in [0.717, 1.165) is 0 Å². The Morgan fingerprint density at radius 1 is 1.05 bits per heavy atom. The Bertz CT molecular complexity index is 2410. The molecule has 3 saturated heterocycles. The van der Waals surface area contributed by atoms with Gasteiger partial charge in [-0.2, -0.15) is 5.10 Å². The lowest BCUT2D eigenvalue weighted by molar-refractivity contribution is -0.463. The number of sulfonamides is 1. The van der Waals surface area contributed by atoms with Crippen LogP contribution in [0.25, 0.3) is 0 Å². The molecule has 1 aromatic heterocycles. The molecule has 0 radical (unpaired) electrons. The molecule has 4 heterocycles. The topological polar surface area (TPSA) is 271 Å². The summed E-state index contributed by atoms with van der Waals surface area (Å²) in [5, 5.41) is 52.0. The number of alkyl halides is 1. The number of nitrogens with one attached hydrogen (secondary N) is 2.